The molecule has 0 bridgehead atoms. The normalized spacial score (nSPS) is 14.5. The first kappa shape index (κ1) is 13.6. The summed E-state index contributed by atoms with van der Waals surface area (Å²) >= 11 is 5.87. The van der Waals surface area contributed by atoms with Crippen molar-refractivity contribution in [3.8, 4) is 0 Å². The summed E-state index contributed by atoms with van der Waals surface area (Å²) in [5.41, 5.74) is 4.96. The Kier molecular flexibility index (Phi) is 4.56. The van der Waals surface area contributed by atoms with Gasteiger partial charge in [-0.1, -0.05) is 0 Å². The van der Waals surface area contributed by atoms with E-state index in [0.29, 0.717) is 25.0 Å². The van der Waals surface area contributed by atoms with E-state index < -0.39 is 6.03 Å². The minimum absolute atomic E-state index is 0.155. The molecule has 0 aliphatic carbocycles. The van der Waals surface area contributed by atoms with Crippen LogP contribution in [-0.4, -0.2) is 47.2 Å². The number of hydrogen-bond donors (Lipinski definition) is 3. The van der Waals surface area contributed by atoms with Crippen molar-refractivity contribution in [3.05, 3.63) is 5.28 Å². The Bertz CT molecular complexity index is 450. The number of nitrogens with zero attached hydrogens (tertiary/aromatic N) is 4. The second-order valence-corrected chi connectivity index (χ2v) is 4.48. The minimum atomic E-state index is -0.562. The number of nitrogens with one attached hydrogen (secondary N) is 2. The van der Waals surface area contributed by atoms with Crippen molar-refractivity contribution in [2.45, 2.75) is 12.8 Å². The zero-order chi connectivity index (χ0) is 13.7. The lowest BCUT2D eigenvalue weighted by atomic mass is 10.4. The average Bonchev–Trinajstić information content (AvgIpc) is 2.87. The number of primary amides is 1. The van der Waals surface area contributed by atoms with Gasteiger partial charge in [-0.2, -0.15) is 15.0 Å². The number of aromatic nitrogens is 3. The first-order chi connectivity index (χ1) is 9.15. The van der Waals surface area contributed by atoms with E-state index >= 15 is 0 Å². The number of carbonyl (C=O) groups excluding carboxylic acids is 1. The van der Waals surface area contributed by atoms with Gasteiger partial charge in [-0.15, -0.1) is 0 Å². The molecular weight excluding hydrogens is 270 g/mol. The van der Waals surface area contributed by atoms with Crippen molar-refractivity contribution in [3.63, 3.8) is 0 Å². The van der Waals surface area contributed by atoms with Gasteiger partial charge in [0.25, 0.3) is 0 Å². The van der Waals surface area contributed by atoms with Crippen LogP contribution in [0.5, 0.6) is 0 Å². The van der Waals surface area contributed by atoms with Gasteiger partial charge < -0.3 is 21.3 Å². The number of amides is 2. The molecule has 0 radical (unpaired) electrons. The molecule has 104 valence electrons. The van der Waals surface area contributed by atoms with Gasteiger partial charge in [0, 0.05) is 26.2 Å². The zero-order valence-corrected chi connectivity index (χ0v) is 11.2. The van der Waals surface area contributed by atoms with Gasteiger partial charge in [0.15, 0.2) is 0 Å². The lowest BCUT2D eigenvalue weighted by Gasteiger charge is -2.15. The third kappa shape index (κ3) is 4.09. The molecule has 0 atom stereocenters. The van der Waals surface area contributed by atoms with Crippen LogP contribution in [0.4, 0.5) is 16.7 Å². The fraction of sp³-hybridized carbons (Fsp3) is 0.600. The number of rotatable bonds is 5. The zero-order valence-electron chi connectivity index (χ0n) is 10.4. The average molecular weight is 286 g/mol. The number of urea groups is 1. The third-order valence-electron chi connectivity index (χ3n) is 2.69. The molecule has 0 spiro atoms. The highest BCUT2D eigenvalue weighted by atomic mass is 35.5. The van der Waals surface area contributed by atoms with Gasteiger partial charge >= 0.3 is 6.03 Å². The molecule has 4 N–H and O–H groups in total. The van der Waals surface area contributed by atoms with E-state index in [1.165, 1.54) is 0 Å². The number of nitrogens with two attached hydrogens (primary N) is 1. The highest BCUT2D eigenvalue weighted by Crippen LogP contribution is 2.18. The van der Waals surface area contributed by atoms with E-state index in [2.05, 4.69) is 30.5 Å². The lowest BCUT2D eigenvalue weighted by molar-refractivity contribution is 0.249. The van der Waals surface area contributed by atoms with Crippen LogP contribution in [0, 0.1) is 0 Å². The standard InChI is InChI=1S/C10H16ClN7O/c11-7-15-9(14-4-3-13-8(12)19)17-10(16-7)18-5-1-2-6-18/h1-6H2,(H3,12,13,19)(H,14,15,16,17). The van der Waals surface area contributed by atoms with Crippen LogP contribution < -0.4 is 21.3 Å². The summed E-state index contributed by atoms with van der Waals surface area (Å²) in [7, 11) is 0. The van der Waals surface area contributed by atoms with Crippen LogP contribution >= 0.6 is 11.6 Å². The molecule has 0 unspecified atom stereocenters. The molecule has 2 heterocycles. The van der Waals surface area contributed by atoms with E-state index in [4.69, 9.17) is 17.3 Å². The van der Waals surface area contributed by atoms with Crippen molar-refractivity contribution in [2.24, 2.45) is 5.73 Å². The van der Waals surface area contributed by atoms with Crippen LogP contribution in [0.15, 0.2) is 0 Å². The maximum Gasteiger partial charge on any atom is 0.312 e. The molecular formula is C10H16ClN7O. The Morgan fingerprint density at radius 1 is 1.26 bits per heavy atom. The van der Waals surface area contributed by atoms with Crippen LogP contribution in [0.3, 0.4) is 0 Å². The van der Waals surface area contributed by atoms with Crippen LogP contribution in [0.1, 0.15) is 12.8 Å². The first-order valence-corrected chi connectivity index (χ1v) is 6.46. The summed E-state index contributed by atoms with van der Waals surface area (Å²) in [6.45, 7) is 2.71. The van der Waals surface area contributed by atoms with Gasteiger partial charge in [0.2, 0.25) is 17.2 Å². The SMILES string of the molecule is NC(=O)NCCNc1nc(Cl)nc(N2CCCC2)n1. The van der Waals surface area contributed by atoms with E-state index in [1.807, 2.05) is 0 Å². The van der Waals surface area contributed by atoms with Crippen LogP contribution in [-0.2, 0) is 0 Å². The summed E-state index contributed by atoms with van der Waals surface area (Å²) in [6.07, 6.45) is 2.27. The molecule has 1 fully saturated rings. The Hall–Kier alpha value is -1.83. The minimum Gasteiger partial charge on any atom is -0.352 e. The topological polar surface area (TPSA) is 109 Å². The molecule has 9 heteroatoms. The maximum absolute atomic E-state index is 10.5. The molecule has 1 saturated heterocycles. The fourth-order valence-corrected chi connectivity index (χ4v) is 1.99. The van der Waals surface area contributed by atoms with Crippen molar-refractivity contribution in [1.29, 1.82) is 0 Å². The van der Waals surface area contributed by atoms with E-state index in [0.717, 1.165) is 25.9 Å². The van der Waals surface area contributed by atoms with Crippen LogP contribution in [0.25, 0.3) is 0 Å². The van der Waals surface area contributed by atoms with E-state index in [9.17, 15) is 4.79 Å². The Morgan fingerprint density at radius 2 is 2.00 bits per heavy atom. The molecule has 0 aromatic carbocycles. The molecule has 8 nitrogen and oxygen atoms in total. The maximum atomic E-state index is 10.5. The van der Waals surface area contributed by atoms with Gasteiger partial charge in [0.05, 0.1) is 0 Å². The monoisotopic (exact) mass is 285 g/mol. The van der Waals surface area contributed by atoms with E-state index in [-0.39, 0.29) is 5.28 Å². The summed E-state index contributed by atoms with van der Waals surface area (Å²) in [5, 5.41) is 5.58. The van der Waals surface area contributed by atoms with Crippen molar-refractivity contribution >= 4 is 29.5 Å². The van der Waals surface area contributed by atoms with Gasteiger partial charge in [-0.05, 0) is 24.4 Å². The lowest BCUT2D eigenvalue weighted by Crippen LogP contribution is -2.33. The van der Waals surface area contributed by atoms with Crippen molar-refractivity contribution in [2.75, 3.05) is 36.4 Å². The van der Waals surface area contributed by atoms with Gasteiger partial charge in [-0.25, -0.2) is 4.79 Å². The molecule has 1 aliphatic heterocycles. The summed E-state index contributed by atoms with van der Waals surface area (Å²) in [4.78, 5) is 25.0. The van der Waals surface area contributed by atoms with Crippen LogP contribution in [0.2, 0.25) is 5.28 Å². The molecule has 19 heavy (non-hydrogen) atoms. The Labute approximate surface area is 115 Å². The molecule has 1 aromatic heterocycles. The quantitative estimate of drug-likeness (QED) is 0.667. The Balaban J connectivity index is 1.94. The number of hydrogen-bond acceptors (Lipinski definition) is 6. The molecule has 2 rings (SSSR count). The van der Waals surface area contributed by atoms with Gasteiger partial charge in [0.1, 0.15) is 0 Å². The van der Waals surface area contributed by atoms with Crippen molar-refractivity contribution in [1.82, 2.24) is 20.3 Å². The molecule has 1 aliphatic rings. The highest BCUT2D eigenvalue weighted by Gasteiger charge is 2.16. The smallest absolute Gasteiger partial charge is 0.312 e. The number of anilines is 2. The highest BCUT2D eigenvalue weighted by molar-refractivity contribution is 6.28. The molecule has 0 saturated carbocycles. The van der Waals surface area contributed by atoms with Crippen molar-refractivity contribution < 1.29 is 4.79 Å². The number of halogens is 1. The Morgan fingerprint density at radius 3 is 2.68 bits per heavy atom. The largest absolute Gasteiger partial charge is 0.352 e. The number of carbonyl (C=O) groups is 1. The first-order valence-electron chi connectivity index (χ1n) is 6.09. The second-order valence-electron chi connectivity index (χ2n) is 4.14. The molecule has 1 aromatic rings. The fourth-order valence-electron chi connectivity index (χ4n) is 1.84. The molecule has 2 amide bonds. The predicted octanol–water partition coefficient (Wildman–Crippen LogP) is 0.205. The predicted molar refractivity (Wildman–Crippen MR) is 72.4 cm³/mol. The summed E-state index contributed by atoms with van der Waals surface area (Å²) in [6, 6.07) is -0.562. The van der Waals surface area contributed by atoms with E-state index in [1.54, 1.807) is 0 Å². The second kappa shape index (κ2) is 6.37. The third-order valence-corrected chi connectivity index (χ3v) is 2.86. The summed E-state index contributed by atoms with van der Waals surface area (Å²) < 4.78 is 0. The van der Waals surface area contributed by atoms with Gasteiger partial charge in [-0.3, -0.25) is 0 Å². The summed E-state index contributed by atoms with van der Waals surface area (Å²) in [5.74, 6) is 0.982.